The number of hydrogen-bond acceptors (Lipinski definition) is 7. The number of amides is 1. The smallest absolute Gasteiger partial charge is 0.266 e. The molecule has 1 fully saturated rings. The van der Waals surface area contributed by atoms with Crippen LogP contribution >= 0.6 is 0 Å². The Morgan fingerprint density at radius 3 is 2.64 bits per heavy atom. The van der Waals surface area contributed by atoms with Crippen LogP contribution in [0.5, 0.6) is 11.5 Å². The third-order valence-corrected chi connectivity index (χ3v) is 6.09. The maximum atomic E-state index is 13.1. The van der Waals surface area contributed by atoms with E-state index in [1.807, 2.05) is 35.2 Å². The van der Waals surface area contributed by atoms with Gasteiger partial charge in [0.05, 0.1) is 19.8 Å². The van der Waals surface area contributed by atoms with Gasteiger partial charge in [0.2, 0.25) is 5.89 Å². The number of aromatic nitrogens is 3. The summed E-state index contributed by atoms with van der Waals surface area (Å²) in [6, 6.07) is 15.2. The molecule has 0 N–H and O–H groups in total. The minimum atomic E-state index is -0.0737. The van der Waals surface area contributed by atoms with E-state index >= 15 is 0 Å². The first kappa shape index (κ1) is 20.9. The lowest BCUT2D eigenvalue weighted by Crippen LogP contribution is -2.38. The first-order valence-electron chi connectivity index (χ1n) is 10.9. The molecule has 3 heterocycles. The maximum Gasteiger partial charge on any atom is 0.266 e. The Morgan fingerprint density at radius 1 is 1.03 bits per heavy atom. The Kier molecular flexibility index (Phi) is 5.64. The normalized spacial score (nSPS) is 14.4. The van der Waals surface area contributed by atoms with Crippen LogP contribution in [0.25, 0.3) is 22.4 Å². The van der Waals surface area contributed by atoms with Gasteiger partial charge in [-0.05, 0) is 42.5 Å². The van der Waals surface area contributed by atoms with Crippen LogP contribution in [-0.4, -0.2) is 53.3 Å². The molecule has 1 aliphatic rings. The van der Waals surface area contributed by atoms with E-state index in [-0.39, 0.29) is 11.8 Å². The molecule has 5 rings (SSSR count). The second-order valence-corrected chi connectivity index (χ2v) is 7.96. The van der Waals surface area contributed by atoms with Crippen molar-refractivity contribution in [1.82, 2.24) is 20.1 Å². The van der Waals surface area contributed by atoms with Crippen molar-refractivity contribution >= 4 is 16.7 Å². The maximum absolute atomic E-state index is 13.1. The van der Waals surface area contributed by atoms with Gasteiger partial charge in [-0.25, -0.2) is 0 Å². The van der Waals surface area contributed by atoms with Crippen LogP contribution < -0.4 is 9.47 Å². The summed E-state index contributed by atoms with van der Waals surface area (Å²) in [7, 11) is 3.14. The summed E-state index contributed by atoms with van der Waals surface area (Å²) in [6.45, 7) is 1.18. The van der Waals surface area contributed by atoms with Crippen LogP contribution in [0, 0.1) is 0 Å². The number of rotatable bonds is 5. The van der Waals surface area contributed by atoms with Crippen molar-refractivity contribution in [2.45, 2.75) is 18.8 Å². The molecule has 0 radical (unpaired) electrons. The molecule has 1 aliphatic heterocycles. The number of fused-ring (bicyclic) bond motifs is 1. The summed E-state index contributed by atoms with van der Waals surface area (Å²) in [5, 5.41) is 10.6. The minimum Gasteiger partial charge on any atom is -0.497 e. The van der Waals surface area contributed by atoms with Crippen LogP contribution in [0.15, 0.2) is 59.1 Å². The van der Waals surface area contributed by atoms with E-state index in [0.29, 0.717) is 47.6 Å². The van der Waals surface area contributed by atoms with Crippen LogP contribution in [0.4, 0.5) is 0 Å². The van der Waals surface area contributed by atoms with Gasteiger partial charge in [0, 0.05) is 30.6 Å². The molecule has 8 nitrogen and oxygen atoms in total. The number of carbonyl (C=O) groups excluding carboxylic acids is 1. The third kappa shape index (κ3) is 4.00. The molecule has 0 atom stereocenters. The van der Waals surface area contributed by atoms with E-state index in [1.165, 1.54) is 0 Å². The quantitative estimate of drug-likeness (QED) is 0.453. The van der Waals surface area contributed by atoms with Gasteiger partial charge in [-0.1, -0.05) is 24.3 Å². The summed E-state index contributed by atoms with van der Waals surface area (Å²) < 4.78 is 16.7. The van der Waals surface area contributed by atoms with E-state index in [4.69, 9.17) is 13.9 Å². The molecule has 2 aromatic heterocycles. The first-order valence-corrected chi connectivity index (χ1v) is 10.9. The Labute approximate surface area is 191 Å². The van der Waals surface area contributed by atoms with Gasteiger partial charge < -0.3 is 18.8 Å². The highest BCUT2D eigenvalue weighted by Gasteiger charge is 2.29. The largest absolute Gasteiger partial charge is 0.497 e. The second kappa shape index (κ2) is 8.90. The van der Waals surface area contributed by atoms with Crippen molar-refractivity contribution in [3.63, 3.8) is 0 Å². The van der Waals surface area contributed by atoms with Crippen molar-refractivity contribution in [1.29, 1.82) is 0 Å². The van der Waals surface area contributed by atoms with Gasteiger partial charge in [-0.3, -0.25) is 9.78 Å². The molecule has 168 valence electrons. The summed E-state index contributed by atoms with van der Waals surface area (Å²) in [4.78, 5) is 19.4. The van der Waals surface area contributed by atoms with Crippen LogP contribution in [-0.2, 0) is 0 Å². The number of methoxy groups -OCH3 is 2. The molecule has 0 saturated carbocycles. The summed E-state index contributed by atoms with van der Waals surface area (Å²) >= 11 is 0. The molecule has 0 aliphatic carbocycles. The summed E-state index contributed by atoms with van der Waals surface area (Å²) in [6.07, 6.45) is 3.23. The number of pyridine rings is 1. The van der Waals surface area contributed by atoms with Gasteiger partial charge in [0.15, 0.2) is 0 Å². The van der Waals surface area contributed by atoms with Crippen LogP contribution in [0.1, 0.15) is 35.0 Å². The van der Waals surface area contributed by atoms with Gasteiger partial charge in [-0.2, -0.15) is 0 Å². The molecule has 0 unspecified atom stereocenters. The van der Waals surface area contributed by atoms with Gasteiger partial charge in [0.1, 0.15) is 17.2 Å². The van der Waals surface area contributed by atoms with Crippen molar-refractivity contribution in [2.24, 2.45) is 0 Å². The standard InChI is InChI=1S/C25H24N4O4/c1-31-18-7-8-21(32-2)20(15-18)25(30)29-13-10-17(11-14-29)23-27-28-24(33-23)22-19-6-4-3-5-16(19)9-12-26-22/h3-9,12,15,17H,10-11,13-14H2,1-2H3. The van der Waals surface area contributed by atoms with Crippen LogP contribution in [0.3, 0.4) is 0 Å². The fourth-order valence-corrected chi connectivity index (χ4v) is 4.27. The first-order chi connectivity index (χ1) is 16.2. The average Bonchev–Trinajstić information content (AvgIpc) is 3.38. The zero-order chi connectivity index (χ0) is 22.8. The fourth-order valence-electron chi connectivity index (χ4n) is 4.27. The van der Waals surface area contributed by atoms with Gasteiger partial charge in [-0.15, -0.1) is 10.2 Å². The lowest BCUT2D eigenvalue weighted by atomic mass is 9.96. The monoisotopic (exact) mass is 444 g/mol. The lowest BCUT2D eigenvalue weighted by Gasteiger charge is -2.31. The van der Waals surface area contributed by atoms with E-state index in [0.717, 1.165) is 23.6 Å². The Bertz CT molecular complexity index is 1290. The second-order valence-electron chi connectivity index (χ2n) is 7.96. The molecule has 8 heteroatoms. The highest BCUT2D eigenvalue weighted by atomic mass is 16.5. The summed E-state index contributed by atoms with van der Waals surface area (Å²) in [5.74, 6) is 2.18. The molecule has 33 heavy (non-hydrogen) atoms. The molecule has 1 amide bonds. The average molecular weight is 444 g/mol. The minimum absolute atomic E-state index is 0.0737. The lowest BCUT2D eigenvalue weighted by molar-refractivity contribution is 0.0702. The summed E-state index contributed by atoms with van der Waals surface area (Å²) in [5.41, 5.74) is 1.18. The van der Waals surface area contributed by atoms with Crippen LogP contribution in [0.2, 0.25) is 0 Å². The van der Waals surface area contributed by atoms with Gasteiger partial charge >= 0.3 is 0 Å². The number of carbonyl (C=O) groups is 1. The Morgan fingerprint density at radius 2 is 1.85 bits per heavy atom. The molecular weight excluding hydrogens is 420 g/mol. The SMILES string of the molecule is COc1ccc(OC)c(C(=O)N2CCC(c3nnc(-c4nccc5ccccc45)o3)CC2)c1. The van der Waals surface area contributed by atoms with E-state index in [1.54, 1.807) is 38.6 Å². The van der Waals surface area contributed by atoms with Crippen molar-refractivity contribution in [2.75, 3.05) is 27.3 Å². The number of benzene rings is 2. The number of piperidine rings is 1. The topological polar surface area (TPSA) is 90.6 Å². The van der Waals surface area contributed by atoms with E-state index in [9.17, 15) is 4.79 Å². The predicted octanol–water partition coefficient (Wildman–Crippen LogP) is 4.32. The zero-order valence-electron chi connectivity index (χ0n) is 18.5. The third-order valence-electron chi connectivity index (χ3n) is 6.09. The molecule has 1 saturated heterocycles. The zero-order valence-corrected chi connectivity index (χ0v) is 18.5. The fraction of sp³-hybridized carbons (Fsp3) is 0.280. The molecule has 2 aromatic carbocycles. The Balaban J connectivity index is 1.31. The Hall–Kier alpha value is -3.94. The molecule has 0 spiro atoms. The predicted molar refractivity (Wildman–Crippen MR) is 122 cm³/mol. The number of nitrogens with zero attached hydrogens (tertiary/aromatic N) is 4. The molecule has 0 bridgehead atoms. The van der Waals surface area contributed by atoms with Crippen molar-refractivity contribution in [3.05, 3.63) is 66.2 Å². The highest BCUT2D eigenvalue weighted by Crippen LogP contribution is 2.32. The van der Waals surface area contributed by atoms with E-state index in [2.05, 4.69) is 15.2 Å². The van der Waals surface area contributed by atoms with E-state index < -0.39 is 0 Å². The highest BCUT2D eigenvalue weighted by molar-refractivity contribution is 5.97. The molecular formula is C25H24N4O4. The molecule has 4 aromatic rings. The number of ether oxygens (including phenoxy) is 2. The number of likely N-dealkylation sites (tertiary alicyclic amines) is 1. The van der Waals surface area contributed by atoms with Crippen molar-refractivity contribution < 1.29 is 18.7 Å². The van der Waals surface area contributed by atoms with Crippen molar-refractivity contribution in [3.8, 4) is 23.1 Å². The number of hydrogen-bond donors (Lipinski definition) is 0. The van der Waals surface area contributed by atoms with Gasteiger partial charge in [0.25, 0.3) is 11.8 Å².